The van der Waals surface area contributed by atoms with E-state index in [1.54, 1.807) is 0 Å². The Morgan fingerprint density at radius 1 is 1.28 bits per heavy atom. The lowest BCUT2D eigenvalue weighted by Gasteiger charge is -2.15. The number of aryl methyl sites for hydroxylation is 1. The number of pyridine rings is 1. The van der Waals surface area contributed by atoms with Gasteiger partial charge in [0.2, 0.25) is 0 Å². The molecule has 1 heterocycles. The Balaban J connectivity index is 2.00. The van der Waals surface area contributed by atoms with Crippen LogP contribution in [-0.4, -0.2) is 4.98 Å². The van der Waals surface area contributed by atoms with Crippen LogP contribution in [0.2, 0.25) is 5.02 Å². The van der Waals surface area contributed by atoms with E-state index in [4.69, 9.17) is 11.6 Å². The van der Waals surface area contributed by atoms with Gasteiger partial charge >= 0.3 is 0 Å². The zero-order valence-electron chi connectivity index (χ0n) is 10.7. The molecule has 0 aliphatic carbocycles. The van der Waals surface area contributed by atoms with Crippen LogP contribution in [0.15, 0.2) is 42.6 Å². The molecule has 0 saturated heterocycles. The lowest BCUT2D eigenvalue weighted by molar-refractivity contribution is 0.566. The minimum atomic E-state index is 0.255. The van der Waals surface area contributed by atoms with Crippen molar-refractivity contribution in [2.24, 2.45) is 0 Å². The third-order valence-corrected chi connectivity index (χ3v) is 3.28. The molecule has 0 aliphatic heterocycles. The Morgan fingerprint density at radius 2 is 2.11 bits per heavy atom. The zero-order chi connectivity index (χ0) is 13.0. The first-order valence-electron chi connectivity index (χ1n) is 6.06. The molecule has 0 amide bonds. The smallest absolute Gasteiger partial charge is 0.0570 e. The number of aromatic nitrogens is 1. The first-order valence-corrected chi connectivity index (χ1v) is 6.44. The Morgan fingerprint density at radius 3 is 2.83 bits per heavy atom. The zero-order valence-corrected chi connectivity index (χ0v) is 11.4. The first kappa shape index (κ1) is 13.1. The molecule has 1 aromatic carbocycles. The minimum Gasteiger partial charge on any atom is -0.305 e. The van der Waals surface area contributed by atoms with Crippen LogP contribution in [0.25, 0.3) is 0 Å². The van der Waals surface area contributed by atoms with Gasteiger partial charge in [0.1, 0.15) is 0 Å². The van der Waals surface area contributed by atoms with Crippen molar-refractivity contribution in [3.8, 4) is 0 Å². The summed E-state index contributed by atoms with van der Waals surface area (Å²) in [5.74, 6) is 0. The molecule has 0 saturated carbocycles. The van der Waals surface area contributed by atoms with Crippen LogP contribution in [0.5, 0.6) is 0 Å². The largest absolute Gasteiger partial charge is 0.305 e. The molecule has 1 N–H and O–H groups in total. The highest BCUT2D eigenvalue weighted by Gasteiger charge is 2.06. The van der Waals surface area contributed by atoms with Crippen molar-refractivity contribution in [3.05, 3.63) is 64.4 Å². The average Bonchev–Trinajstić information content (AvgIpc) is 2.37. The van der Waals surface area contributed by atoms with Gasteiger partial charge in [-0.1, -0.05) is 29.8 Å². The predicted molar refractivity (Wildman–Crippen MR) is 75.7 cm³/mol. The van der Waals surface area contributed by atoms with E-state index in [1.807, 2.05) is 30.5 Å². The molecular weight excluding hydrogens is 244 g/mol. The lowest BCUT2D eigenvalue weighted by atomic mass is 10.1. The molecular formula is C15H17ClN2. The van der Waals surface area contributed by atoms with Gasteiger partial charge in [-0.05, 0) is 43.2 Å². The van der Waals surface area contributed by atoms with Crippen LogP contribution in [0.3, 0.4) is 0 Å². The van der Waals surface area contributed by atoms with Crippen LogP contribution in [0.1, 0.15) is 29.8 Å². The molecule has 0 fully saturated rings. The number of hydrogen-bond acceptors (Lipinski definition) is 2. The van der Waals surface area contributed by atoms with Crippen LogP contribution < -0.4 is 5.32 Å². The van der Waals surface area contributed by atoms with Gasteiger partial charge in [0.05, 0.1) is 5.69 Å². The molecule has 0 aliphatic rings. The molecule has 3 heteroatoms. The Kier molecular flexibility index (Phi) is 4.34. The summed E-state index contributed by atoms with van der Waals surface area (Å²) >= 11 is 5.99. The quantitative estimate of drug-likeness (QED) is 0.902. The van der Waals surface area contributed by atoms with Gasteiger partial charge in [0.15, 0.2) is 0 Å². The van der Waals surface area contributed by atoms with Crippen molar-refractivity contribution in [3.63, 3.8) is 0 Å². The maximum atomic E-state index is 5.99. The van der Waals surface area contributed by atoms with Crippen molar-refractivity contribution in [1.29, 1.82) is 0 Å². The SMILES string of the molecule is Cc1cccnc1CN[C@H](C)c1cccc(Cl)c1. The molecule has 94 valence electrons. The predicted octanol–water partition coefficient (Wildman–Crippen LogP) is 3.89. The molecule has 2 rings (SSSR count). The van der Waals surface area contributed by atoms with Gasteiger partial charge in [-0.15, -0.1) is 0 Å². The van der Waals surface area contributed by atoms with Gasteiger partial charge in [-0.3, -0.25) is 4.98 Å². The van der Waals surface area contributed by atoms with E-state index in [0.29, 0.717) is 0 Å². The van der Waals surface area contributed by atoms with Gasteiger partial charge in [-0.25, -0.2) is 0 Å². The second-order valence-corrected chi connectivity index (χ2v) is 4.86. The van der Waals surface area contributed by atoms with E-state index >= 15 is 0 Å². The van der Waals surface area contributed by atoms with Crippen molar-refractivity contribution in [1.82, 2.24) is 10.3 Å². The third-order valence-electron chi connectivity index (χ3n) is 3.04. The highest BCUT2D eigenvalue weighted by molar-refractivity contribution is 6.30. The molecule has 18 heavy (non-hydrogen) atoms. The summed E-state index contributed by atoms with van der Waals surface area (Å²) in [6.45, 7) is 4.97. The fraction of sp³-hybridized carbons (Fsp3) is 0.267. The monoisotopic (exact) mass is 260 g/mol. The minimum absolute atomic E-state index is 0.255. The number of hydrogen-bond donors (Lipinski definition) is 1. The summed E-state index contributed by atoms with van der Waals surface area (Å²) in [6, 6.07) is 12.2. The number of nitrogens with zero attached hydrogens (tertiary/aromatic N) is 1. The second-order valence-electron chi connectivity index (χ2n) is 4.42. The number of rotatable bonds is 4. The van der Waals surface area contributed by atoms with E-state index < -0.39 is 0 Å². The topological polar surface area (TPSA) is 24.9 Å². The fourth-order valence-electron chi connectivity index (χ4n) is 1.85. The lowest BCUT2D eigenvalue weighted by Crippen LogP contribution is -2.19. The molecule has 0 bridgehead atoms. The van der Waals surface area contributed by atoms with Crippen LogP contribution in [0.4, 0.5) is 0 Å². The van der Waals surface area contributed by atoms with Gasteiger partial charge in [0, 0.05) is 23.8 Å². The summed E-state index contributed by atoms with van der Waals surface area (Å²) in [7, 11) is 0. The van der Waals surface area contributed by atoms with Crippen LogP contribution in [0, 0.1) is 6.92 Å². The summed E-state index contributed by atoms with van der Waals surface area (Å²) in [4.78, 5) is 4.37. The highest BCUT2D eigenvalue weighted by Crippen LogP contribution is 2.17. The third kappa shape index (κ3) is 3.31. The van der Waals surface area contributed by atoms with E-state index in [2.05, 4.69) is 36.3 Å². The highest BCUT2D eigenvalue weighted by atomic mass is 35.5. The fourth-order valence-corrected chi connectivity index (χ4v) is 2.05. The van der Waals surface area contributed by atoms with E-state index in [-0.39, 0.29) is 6.04 Å². The summed E-state index contributed by atoms with van der Waals surface area (Å²) in [6.07, 6.45) is 1.83. The molecule has 2 nitrogen and oxygen atoms in total. The van der Waals surface area contributed by atoms with E-state index in [1.165, 1.54) is 11.1 Å². The summed E-state index contributed by atoms with van der Waals surface area (Å²) in [5, 5.41) is 4.24. The summed E-state index contributed by atoms with van der Waals surface area (Å²) in [5.41, 5.74) is 3.49. The second kappa shape index (κ2) is 5.98. The Hall–Kier alpha value is -1.38. The standard InChI is InChI=1S/C15H17ClN2/c1-11-5-4-8-17-15(11)10-18-12(2)13-6-3-7-14(16)9-13/h3-9,12,18H,10H2,1-2H3/t12-/m1/s1. The first-order chi connectivity index (χ1) is 8.66. The molecule has 1 aromatic heterocycles. The maximum Gasteiger partial charge on any atom is 0.0570 e. The molecule has 1 atom stereocenters. The van der Waals surface area contributed by atoms with Crippen molar-refractivity contribution in [2.45, 2.75) is 26.4 Å². The molecule has 2 aromatic rings. The van der Waals surface area contributed by atoms with Gasteiger partial charge in [0.25, 0.3) is 0 Å². The molecule has 0 spiro atoms. The summed E-state index contributed by atoms with van der Waals surface area (Å²) < 4.78 is 0. The molecule has 0 unspecified atom stereocenters. The van der Waals surface area contributed by atoms with E-state index in [0.717, 1.165) is 17.3 Å². The van der Waals surface area contributed by atoms with Gasteiger partial charge < -0.3 is 5.32 Å². The van der Waals surface area contributed by atoms with Gasteiger partial charge in [-0.2, -0.15) is 0 Å². The number of benzene rings is 1. The Labute approximate surface area is 113 Å². The maximum absolute atomic E-state index is 5.99. The average molecular weight is 261 g/mol. The molecule has 0 radical (unpaired) electrons. The van der Waals surface area contributed by atoms with Crippen LogP contribution >= 0.6 is 11.6 Å². The van der Waals surface area contributed by atoms with Crippen LogP contribution in [-0.2, 0) is 6.54 Å². The number of nitrogens with one attached hydrogen (secondary N) is 1. The normalized spacial score (nSPS) is 12.4. The van der Waals surface area contributed by atoms with E-state index in [9.17, 15) is 0 Å². The number of halogens is 1. The van der Waals surface area contributed by atoms with Crippen molar-refractivity contribution in [2.75, 3.05) is 0 Å². The van der Waals surface area contributed by atoms with Crippen molar-refractivity contribution >= 4 is 11.6 Å². The Bertz CT molecular complexity index is 525. The van der Waals surface area contributed by atoms with Crippen molar-refractivity contribution < 1.29 is 0 Å².